The molecule has 1 fully saturated rings. The van der Waals surface area contributed by atoms with Crippen molar-refractivity contribution in [2.24, 2.45) is 11.8 Å². The van der Waals surface area contributed by atoms with E-state index < -0.39 is 0 Å². The molecule has 1 aliphatic heterocycles. The number of nitrogens with one attached hydrogen (secondary N) is 1. The normalized spacial score (nSPS) is 18.4. The summed E-state index contributed by atoms with van der Waals surface area (Å²) in [6, 6.07) is 9.49. The number of ether oxygens (including phenoxy) is 1. The molecule has 0 bridgehead atoms. The van der Waals surface area contributed by atoms with Crippen LogP contribution < -0.4 is 11.3 Å². The monoisotopic (exact) mass is 277 g/mol. The van der Waals surface area contributed by atoms with Crippen molar-refractivity contribution in [1.82, 2.24) is 10.3 Å². The zero-order valence-corrected chi connectivity index (χ0v) is 11.2. The van der Waals surface area contributed by atoms with Gasteiger partial charge in [0.05, 0.1) is 5.92 Å². The van der Waals surface area contributed by atoms with Gasteiger partial charge < -0.3 is 9.64 Å². The lowest BCUT2D eigenvalue weighted by atomic mass is 9.98. The maximum absolute atomic E-state index is 12.0. The fraction of sp³-hybridized carbons (Fsp3) is 0.429. The fourth-order valence-electron chi connectivity index (χ4n) is 2.29. The smallest absolute Gasteiger partial charge is 0.410 e. The Kier molecular flexibility index (Phi) is 4.95. The Hall–Kier alpha value is -2.08. The molecule has 3 N–H and O–H groups in total. The topological polar surface area (TPSA) is 84.7 Å². The van der Waals surface area contributed by atoms with Crippen LogP contribution in [0, 0.1) is 5.92 Å². The maximum atomic E-state index is 12.0. The second kappa shape index (κ2) is 6.91. The summed E-state index contributed by atoms with van der Waals surface area (Å²) < 4.78 is 5.25. The summed E-state index contributed by atoms with van der Waals surface area (Å²) in [7, 11) is 0. The molecule has 1 aliphatic rings. The number of carbonyl (C=O) groups is 2. The van der Waals surface area contributed by atoms with Gasteiger partial charge in [-0.05, 0) is 18.4 Å². The van der Waals surface area contributed by atoms with Gasteiger partial charge in [0.2, 0.25) is 5.91 Å². The van der Waals surface area contributed by atoms with Gasteiger partial charge in [-0.2, -0.15) is 0 Å². The summed E-state index contributed by atoms with van der Waals surface area (Å²) in [5, 5.41) is 0. The minimum absolute atomic E-state index is 0.231. The summed E-state index contributed by atoms with van der Waals surface area (Å²) in [4.78, 5) is 25.0. The van der Waals surface area contributed by atoms with Crippen molar-refractivity contribution in [3.05, 3.63) is 35.9 Å². The number of likely N-dealkylation sites (tertiary alicyclic amines) is 1. The summed E-state index contributed by atoms with van der Waals surface area (Å²) in [6.45, 7) is 1.21. The lowest BCUT2D eigenvalue weighted by Gasteiger charge is -2.30. The first kappa shape index (κ1) is 14.3. The third-order valence-corrected chi connectivity index (χ3v) is 3.40. The molecule has 1 aromatic carbocycles. The standard InChI is InChI=1S/C14H19N3O3/c15-16-13(18)12-7-4-8-17(9-12)14(19)20-10-11-5-2-1-3-6-11/h1-3,5-6,12H,4,7-10,15H2,(H,16,18)/t12-/m0/s1. The van der Waals surface area contributed by atoms with Crippen LogP contribution in [0.1, 0.15) is 18.4 Å². The van der Waals surface area contributed by atoms with Gasteiger partial charge in [0.25, 0.3) is 0 Å². The highest BCUT2D eigenvalue weighted by molar-refractivity contribution is 5.79. The minimum atomic E-state index is -0.386. The van der Waals surface area contributed by atoms with E-state index in [1.807, 2.05) is 30.3 Å². The number of hydrogen-bond donors (Lipinski definition) is 2. The van der Waals surface area contributed by atoms with E-state index in [9.17, 15) is 9.59 Å². The van der Waals surface area contributed by atoms with E-state index in [4.69, 9.17) is 10.6 Å². The van der Waals surface area contributed by atoms with E-state index >= 15 is 0 Å². The van der Waals surface area contributed by atoms with Crippen LogP contribution in [0.15, 0.2) is 30.3 Å². The van der Waals surface area contributed by atoms with Crippen molar-refractivity contribution in [3.63, 3.8) is 0 Å². The van der Waals surface area contributed by atoms with E-state index in [0.717, 1.165) is 18.4 Å². The van der Waals surface area contributed by atoms with Crippen LogP contribution in [-0.4, -0.2) is 30.0 Å². The van der Waals surface area contributed by atoms with Gasteiger partial charge in [0, 0.05) is 13.1 Å². The van der Waals surface area contributed by atoms with Crippen molar-refractivity contribution in [2.75, 3.05) is 13.1 Å². The third kappa shape index (κ3) is 3.71. The number of nitrogens with zero attached hydrogens (tertiary/aromatic N) is 1. The summed E-state index contributed by atoms with van der Waals surface area (Å²) in [6.07, 6.45) is 1.13. The van der Waals surface area contributed by atoms with E-state index in [1.165, 1.54) is 0 Å². The second-order valence-electron chi connectivity index (χ2n) is 4.83. The molecule has 20 heavy (non-hydrogen) atoms. The van der Waals surface area contributed by atoms with Crippen molar-refractivity contribution in [1.29, 1.82) is 0 Å². The number of amides is 2. The Balaban J connectivity index is 1.84. The van der Waals surface area contributed by atoms with Gasteiger partial charge in [0.1, 0.15) is 6.61 Å². The molecule has 0 spiro atoms. The van der Waals surface area contributed by atoms with Gasteiger partial charge >= 0.3 is 6.09 Å². The average molecular weight is 277 g/mol. The molecule has 1 saturated heterocycles. The van der Waals surface area contributed by atoms with Crippen molar-refractivity contribution >= 4 is 12.0 Å². The number of rotatable bonds is 3. The van der Waals surface area contributed by atoms with Crippen LogP contribution in [0.3, 0.4) is 0 Å². The SMILES string of the molecule is NNC(=O)[C@H]1CCCN(C(=O)OCc2ccccc2)C1. The molecule has 6 heteroatoms. The van der Waals surface area contributed by atoms with Gasteiger partial charge in [0.15, 0.2) is 0 Å². The van der Waals surface area contributed by atoms with Crippen molar-refractivity contribution < 1.29 is 14.3 Å². The lowest BCUT2D eigenvalue weighted by Crippen LogP contribution is -2.47. The predicted molar refractivity (Wildman–Crippen MR) is 73.3 cm³/mol. The maximum Gasteiger partial charge on any atom is 0.410 e. The zero-order valence-electron chi connectivity index (χ0n) is 11.2. The molecule has 2 rings (SSSR count). The van der Waals surface area contributed by atoms with Crippen LogP contribution in [-0.2, 0) is 16.1 Å². The van der Waals surface area contributed by atoms with E-state index in [0.29, 0.717) is 13.1 Å². The highest BCUT2D eigenvalue weighted by atomic mass is 16.6. The first-order chi connectivity index (χ1) is 9.70. The van der Waals surface area contributed by atoms with Gasteiger partial charge in [-0.25, -0.2) is 10.6 Å². The van der Waals surface area contributed by atoms with Crippen LogP contribution in [0.25, 0.3) is 0 Å². The second-order valence-corrected chi connectivity index (χ2v) is 4.83. The summed E-state index contributed by atoms with van der Waals surface area (Å²) in [5.41, 5.74) is 3.07. The molecule has 0 aliphatic carbocycles. The molecule has 0 unspecified atom stereocenters. The molecule has 108 valence electrons. The van der Waals surface area contributed by atoms with Crippen molar-refractivity contribution in [2.45, 2.75) is 19.4 Å². The Morgan fingerprint density at radius 2 is 2.10 bits per heavy atom. The summed E-state index contributed by atoms with van der Waals surface area (Å²) >= 11 is 0. The lowest BCUT2D eigenvalue weighted by molar-refractivity contribution is -0.126. The number of nitrogens with two attached hydrogens (primary N) is 1. The molecule has 0 radical (unpaired) electrons. The molecule has 1 heterocycles. The predicted octanol–water partition coefficient (Wildman–Crippen LogP) is 1.03. The quantitative estimate of drug-likeness (QED) is 0.491. The van der Waals surface area contributed by atoms with Crippen LogP contribution in [0.4, 0.5) is 4.79 Å². The van der Waals surface area contributed by atoms with Crippen molar-refractivity contribution in [3.8, 4) is 0 Å². The number of carbonyl (C=O) groups excluding carboxylic acids is 2. The molecule has 1 aromatic rings. The molecule has 0 saturated carbocycles. The van der Waals surface area contributed by atoms with Gasteiger partial charge in [-0.15, -0.1) is 0 Å². The highest BCUT2D eigenvalue weighted by Gasteiger charge is 2.28. The Bertz CT molecular complexity index is 464. The zero-order chi connectivity index (χ0) is 14.4. The van der Waals surface area contributed by atoms with E-state index in [1.54, 1.807) is 4.90 Å². The molecule has 2 amide bonds. The number of hydrogen-bond acceptors (Lipinski definition) is 4. The first-order valence-electron chi connectivity index (χ1n) is 6.67. The Morgan fingerprint density at radius 3 is 2.80 bits per heavy atom. The molecule has 6 nitrogen and oxygen atoms in total. The Labute approximate surface area is 117 Å². The Morgan fingerprint density at radius 1 is 1.35 bits per heavy atom. The number of piperidine rings is 1. The molecular formula is C14H19N3O3. The van der Waals surface area contributed by atoms with Crippen LogP contribution in [0.5, 0.6) is 0 Å². The fourth-order valence-corrected chi connectivity index (χ4v) is 2.29. The minimum Gasteiger partial charge on any atom is -0.445 e. The largest absolute Gasteiger partial charge is 0.445 e. The molecule has 0 aromatic heterocycles. The molecule has 1 atom stereocenters. The van der Waals surface area contributed by atoms with E-state index in [-0.39, 0.29) is 24.5 Å². The van der Waals surface area contributed by atoms with E-state index in [2.05, 4.69) is 5.43 Å². The molecular weight excluding hydrogens is 258 g/mol. The highest BCUT2D eigenvalue weighted by Crippen LogP contribution is 2.17. The van der Waals surface area contributed by atoms with Crippen LogP contribution >= 0.6 is 0 Å². The first-order valence-corrected chi connectivity index (χ1v) is 6.67. The van der Waals surface area contributed by atoms with Gasteiger partial charge in [-0.3, -0.25) is 10.2 Å². The number of benzene rings is 1. The van der Waals surface area contributed by atoms with Crippen LogP contribution in [0.2, 0.25) is 0 Å². The van der Waals surface area contributed by atoms with Gasteiger partial charge in [-0.1, -0.05) is 30.3 Å². The number of hydrazine groups is 1. The third-order valence-electron chi connectivity index (χ3n) is 3.40. The summed E-state index contributed by atoms with van der Waals surface area (Å²) in [5.74, 6) is 4.64. The average Bonchev–Trinajstić information content (AvgIpc) is 2.53.